The summed E-state index contributed by atoms with van der Waals surface area (Å²) < 4.78 is 0. The van der Waals surface area contributed by atoms with Gasteiger partial charge in [-0.25, -0.2) is 0 Å². The second-order valence-corrected chi connectivity index (χ2v) is 9.92. The highest BCUT2D eigenvalue weighted by Crippen LogP contribution is 2.41. The number of benzene rings is 4. The van der Waals surface area contributed by atoms with Gasteiger partial charge in [0.1, 0.15) is 0 Å². The maximum absolute atomic E-state index is 9.58. The standard InChI is InChI=1S/C35H26N4/c1-25-16-18-35(2,19-17-25)39(34-9-5-7-28-6-3-4-8-33(28)34)31-13-10-26(11-14-31)12-15-32-29(23-37)20-27(22-36)21-30(32)24-38/h3-18,20-21H,19H2,1-2H3. The van der Waals surface area contributed by atoms with Crippen LogP contribution in [0.2, 0.25) is 0 Å². The van der Waals surface area contributed by atoms with Crippen LogP contribution in [-0.4, -0.2) is 5.54 Å². The van der Waals surface area contributed by atoms with E-state index in [0.717, 1.165) is 23.4 Å². The Morgan fingerprint density at radius 2 is 1.51 bits per heavy atom. The first-order valence-corrected chi connectivity index (χ1v) is 12.8. The second-order valence-electron chi connectivity index (χ2n) is 9.92. The lowest BCUT2D eigenvalue weighted by molar-refractivity contribution is 0.568. The summed E-state index contributed by atoms with van der Waals surface area (Å²) in [5, 5.41) is 30.8. The van der Waals surface area contributed by atoms with Crippen LogP contribution < -0.4 is 4.90 Å². The molecule has 0 heterocycles. The number of hydrogen-bond donors (Lipinski definition) is 0. The van der Waals surface area contributed by atoms with E-state index >= 15 is 0 Å². The van der Waals surface area contributed by atoms with Crippen molar-refractivity contribution in [3.8, 4) is 18.2 Å². The third-order valence-electron chi connectivity index (χ3n) is 7.20. The fourth-order valence-corrected chi connectivity index (χ4v) is 5.09. The van der Waals surface area contributed by atoms with Gasteiger partial charge in [0.05, 0.1) is 40.4 Å². The molecule has 5 rings (SSSR count). The van der Waals surface area contributed by atoms with Crippen LogP contribution in [0, 0.1) is 34.0 Å². The van der Waals surface area contributed by atoms with Crippen LogP contribution in [0.15, 0.2) is 103 Å². The Hall–Kier alpha value is -5.37. The predicted molar refractivity (Wildman–Crippen MR) is 158 cm³/mol. The van der Waals surface area contributed by atoms with Gasteiger partial charge in [0.15, 0.2) is 0 Å². The van der Waals surface area contributed by atoms with Gasteiger partial charge in [-0.2, -0.15) is 15.8 Å². The molecular weight excluding hydrogens is 476 g/mol. The predicted octanol–water partition coefficient (Wildman–Crippen LogP) is 8.43. The first kappa shape index (κ1) is 25.3. The maximum Gasteiger partial charge on any atom is 0.0998 e. The fraction of sp³-hybridized carbons (Fsp3) is 0.114. The lowest BCUT2D eigenvalue weighted by Crippen LogP contribution is -2.42. The van der Waals surface area contributed by atoms with E-state index in [1.165, 1.54) is 28.5 Å². The molecule has 1 unspecified atom stereocenters. The zero-order valence-corrected chi connectivity index (χ0v) is 21.9. The van der Waals surface area contributed by atoms with Crippen LogP contribution in [0.1, 0.15) is 48.1 Å². The average molecular weight is 503 g/mol. The summed E-state index contributed by atoms with van der Waals surface area (Å²) in [7, 11) is 0. The van der Waals surface area contributed by atoms with Gasteiger partial charge in [-0.3, -0.25) is 0 Å². The van der Waals surface area contributed by atoms with Crippen molar-refractivity contribution in [1.29, 1.82) is 15.8 Å². The van der Waals surface area contributed by atoms with E-state index in [2.05, 4.69) is 104 Å². The average Bonchev–Trinajstić information content (AvgIpc) is 2.98. The second kappa shape index (κ2) is 10.5. The van der Waals surface area contributed by atoms with E-state index in [9.17, 15) is 15.8 Å². The number of nitrogens with zero attached hydrogens (tertiary/aromatic N) is 4. The Labute approximate surface area is 229 Å². The van der Waals surface area contributed by atoms with Crippen molar-refractivity contribution in [3.05, 3.63) is 130 Å². The molecule has 4 aromatic carbocycles. The summed E-state index contributed by atoms with van der Waals surface area (Å²) in [4.78, 5) is 2.41. The molecule has 0 N–H and O–H groups in total. The minimum absolute atomic E-state index is 0.257. The van der Waals surface area contributed by atoms with Crippen molar-refractivity contribution in [3.63, 3.8) is 0 Å². The quantitative estimate of drug-likeness (QED) is 0.257. The molecule has 0 aromatic heterocycles. The van der Waals surface area contributed by atoms with E-state index in [0.29, 0.717) is 22.3 Å². The zero-order chi connectivity index (χ0) is 27.4. The molecule has 1 atom stereocenters. The van der Waals surface area contributed by atoms with Gasteiger partial charge in [-0.15, -0.1) is 0 Å². The highest BCUT2D eigenvalue weighted by molar-refractivity contribution is 5.97. The molecule has 0 saturated heterocycles. The normalized spacial score (nSPS) is 16.3. The minimum atomic E-state index is -0.257. The monoisotopic (exact) mass is 502 g/mol. The topological polar surface area (TPSA) is 74.6 Å². The van der Waals surface area contributed by atoms with Gasteiger partial charge in [0, 0.05) is 22.3 Å². The van der Waals surface area contributed by atoms with Gasteiger partial charge in [0.25, 0.3) is 0 Å². The van der Waals surface area contributed by atoms with Crippen LogP contribution >= 0.6 is 0 Å². The van der Waals surface area contributed by atoms with Crippen molar-refractivity contribution < 1.29 is 0 Å². The molecule has 1 aliphatic rings. The Kier molecular flexibility index (Phi) is 6.84. The van der Waals surface area contributed by atoms with Crippen LogP contribution in [0.4, 0.5) is 11.4 Å². The Bertz CT molecular complexity index is 1750. The molecule has 0 saturated carbocycles. The van der Waals surface area contributed by atoms with E-state index in [1.807, 2.05) is 24.3 Å². The Balaban J connectivity index is 1.56. The lowest BCUT2D eigenvalue weighted by atomic mass is 9.87. The first-order chi connectivity index (χ1) is 19.0. The van der Waals surface area contributed by atoms with Gasteiger partial charge in [-0.1, -0.05) is 84.5 Å². The summed E-state index contributed by atoms with van der Waals surface area (Å²) in [5.74, 6) is 0. The summed E-state index contributed by atoms with van der Waals surface area (Å²) in [6.45, 7) is 4.39. The van der Waals surface area contributed by atoms with Crippen molar-refractivity contribution in [2.45, 2.75) is 25.8 Å². The molecule has 4 aromatic rings. The third kappa shape index (κ3) is 4.95. The molecule has 4 nitrogen and oxygen atoms in total. The SMILES string of the molecule is CC1=CCC(C)(N(c2ccc(C=Cc3c(C#N)cc(C#N)cc3C#N)cc2)c2cccc3ccccc23)C=C1. The molecular formula is C35H26N4. The Morgan fingerprint density at radius 3 is 2.15 bits per heavy atom. The van der Waals surface area contributed by atoms with Crippen molar-refractivity contribution in [2.75, 3.05) is 4.90 Å². The number of nitriles is 3. The van der Waals surface area contributed by atoms with E-state index in [1.54, 1.807) is 6.08 Å². The van der Waals surface area contributed by atoms with Gasteiger partial charge in [0.2, 0.25) is 0 Å². The summed E-state index contributed by atoms with van der Waals surface area (Å²) in [6.07, 6.45) is 11.3. The smallest absolute Gasteiger partial charge is 0.0998 e. The molecule has 0 radical (unpaired) electrons. The molecule has 0 amide bonds. The molecule has 186 valence electrons. The largest absolute Gasteiger partial charge is 0.331 e. The van der Waals surface area contributed by atoms with E-state index in [-0.39, 0.29) is 5.54 Å². The number of allylic oxidation sites excluding steroid dienone is 2. The molecule has 0 aliphatic heterocycles. The van der Waals surface area contributed by atoms with E-state index < -0.39 is 0 Å². The van der Waals surface area contributed by atoms with Gasteiger partial charge in [-0.05, 0) is 61.5 Å². The van der Waals surface area contributed by atoms with Crippen LogP contribution in [0.25, 0.3) is 22.9 Å². The summed E-state index contributed by atoms with van der Waals surface area (Å²) >= 11 is 0. The molecule has 0 bridgehead atoms. The highest BCUT2D eigenvalue weighted by atomic mass is 15.2. The van der Waals surface area contributed by atoms with Crippen LogP contribution in [0.5, 0.6) is 0 Å². The summed E-state index contributed by atoms with van der Waals surface area (Å²) in [5.41, 5.74) is 5.59. The van der Waals surface area contributed by atoms with Crippen LogP contribution in [-0.2, 0) is 0 Å². The molecule has 39 heavy (non-hydrogen) atoms. The van der Waals surface area contributed by atoms with Crippen molar-refractivity contribution in [2.24, 2.45) is 0 Å². The zero-order valence-electron chi connectivity index (χ0n) is 21.9. The Morgan fingerprint density at radius 1 is 0.821 bits per heavy atom. The number of hydrogen-bond acceptors (Lipinski definition) is 4. The lowest BCUT2D eigenvalue weighted by Gasteiger charge is -2.42. The van der Waals surface area contributed by atoms with Gasteiger partial charge < -0.3 is 4.90 Å². The van der Waals surface area contributed by atoms with Crippen LogP contribution in [0.3, 0.4) is 0 Å². The third-order valence-corrected chi connectivity index (χ3v) is 7.20. The number of anilines is 2. The molecule has 0 fully saturated rings. The van der Waals surface area contributed by atoms with Gasteiger partial charge >= 0.3 is 0 Å². The van der Waals surface area contributed by atoms with Crippen molar-refractivity contribution >= 4 is 34.3 Å². The number of fused-ring (bicyclic) bond motifs is 1. The van der Waals surface area contributed by atoms with Crippen molar-refractivity contribution in [1.82, 2.24) is 0 Å². The molecule has 0 spiro atoms. The number of rotatable bonds is 5. The minimum Gasteiger partial charge on any atom is -0.331 e. The summed E-state index contributed by atoms with van der Waals surface area (Å²) in [6, 6.07) is 32.5. The molecule has 4 heteroatoms. The highest BCUT2D eigenvalue weighted by Gasteiger charge is 2.32. The fourth-order valence-electron chi connectivity index (χ4n) is 5.09. The molecule has 1 aliphatic carbocycles. The van der Waals surface area contributed by atoms with E-state index in [4.69, 9.17) is 0 Å². The first-order valence-electron chi connectivity index (χ1n) is 12.8. The maximum atomic E-state index is 9.58.